The van der Waals surface area contributed by atoms with Crippen molar-refractivity contribution in [3.8, 4) is 0 Å². The van der Waals surface area contributed by atoms with Crippen LogP contribution in [-0.4, -0.2) is 44.4 Å². The zero-order valence-corrected chi connectivity index (χ0v) is 7.76. The molecule has 0 radical (unpaired) electrons. The quantitative estimate of drug-likeness (QED) is 0.641. The van der Waals surface area contributed by atoms with Crippen LogP contribution < -0.4 is 0 Å². The van der Waals surface area contributed by atoms with Gasteiger partial charge in [-0.25, -0.2) is 0 Å². The number of hydrogen-bond donors (Lipinski definition) is 0. The Kier molecular flexibility index (Phi) is 4.54. The van der Waals surface area contributed by atoms with E-state index in [4.69, 9.17) is 4.74 Å². The normalized spacial score (nSPS) is 21.5. The van der Waals surface area contributed by atoms with Gasteiger partial charge in [-0.3, -0.25) is 4.39 Å². The fourth-order valence-corrected chi connectivity index (χ4v) is 1.65. The molecule has 0 saturated carbocycles. The molecule has 1 aliphatic rings. The van der Waals surface area contributed by atoms with Gasteiger partial charge in [0, 0.05) is 26.7 Å². The molecule has 1 fully saturated rings. The Morgan fingerprint density at radius 1 is 1.42 bits per heavy atom. The van der Waals surface area contributed by atoms with Gasteiger partial charge in [-0.2, -0.15) is 0 Å². The largest absolute Gasteiger partial charge is 0.381 e. The summed E-state index contributed by atoms with van der Waals surface area (Å²) < 4.78 is 17.1. The van der Waals surface area contributed by atoms with Crippen LogP contribution in [0.3, 0.4) is 0 Å². The Morgan fingerprint density at radius 2 is 2.08 bits per heavy atom. The van der Waals surface area contributed by atoms with E-state index >= 15 is 0 Å². The summed E-state index contributed by atoms with van der Waals surface area (Å²) in [5.41, 5.74) is 0. The Bertz CT molecular complexity index is 113. The lowest BCUT2D eigenvalue weighted by molar-refractivity contribution is 0.0404. The van der Waals surface area contributed by atoms with Crippen molar-refractivity contribution >= 4 is 0 Å². The summed E-state index contributed by atoms with van der Waals surface area (Å²) in [6.45, 7) is 2.86. The first-order chi connectivity index (χ1) is 5.86. The number of methoxy groups -OCH3 is 1. The van der Waals surface area contributed by atoms with Gasteiger partial charge in [0.1, 0.15) is 0 Å². The van der Waals surface area contributed by atoms with Crippen LogP contribution in [0.5, 0.6) is 0 Å². The smallest absolute Gasteiger partial charge is 0.0906 e. The molecule has 0 aliphatic carbocycles. The minimum absolute atomic E-state index is 0.190. The van der Waals surface area contributed by atoms with Crippen molar-refractivity contribution in [3.05, 3.63) is 0 Å². The molecular formula is C9H18FNO. The molecule has 0 amide bonds. The maximum absolute atomic E-state index is 11.8. The second-order valence-corrected chi connectivity index (χ2v) is 3.32. The van der Waals surface area contributed by atoms with Gasteiger partial charge >= 0.3 is 0 Å². The average Bonchev–Trinajstić information content (AvgIpc) is 2.15. The molecule has 0 N–H and O–H groups in total. The second-order valence-electron chi connectivity index (χ2n) is 3.32. The predicted molar refractivity (Wildman–Crippen MR) is 47.1 cm³/mol. The highest BCUT2D eigenvalue weighted by Gasteiger charge is 2.17. The average molecular weight is 175 g/mol. The third-order valence-corrected chi connectivity index (χ3v) is 2.48. The third-order valence-electron chi connectivity index (χ3n) is 2.48. The van der Waals surface area contributed by atoms with Gasteiger partial charge in [-0.15, -0.1) is 0 Å². The zero-order chi connectivity index (χ0) is 8.81. The van der Waals surface area contributed by atoms with Crippen molar-refractivity contribution in [2.45, 2.75) is 25.4 Å². The maximum Gasteiger partial charge on any atom is 0.0906 e. The number of alkyl halides is 1. The molecule has 0 aromatic carbocycles. The molecule has 0 aromatic rings. The third kappa shape index (κ3) is 3.07. The number of piperidine rings is 1. The van der Waals surface area contributed by atoms with E-state index in [9.17, 15) is 4.39 Å². The van der Waals surface area contributed by atoms with Gasteiger partial charge in [0.2, 0.25) is 0 Å². The SMILES string of the molecule is COC1CCN(CCCF)CC1. The van der Waals surface area contributed by atoms with Crippen LogP contribution in [0.15, 0.2) is 0 Å². The summed E-state index contributed by atoms with van der Waals surface area (Å²) in [5, 5.41) is 0. The van der Waals surface area contributed by atoms with E-state index in [-0.39, 0.29) is 6.67 Å². The van der Waals surface area contributed by atoms with E-state index < -0.39 is 0 Å². The highest BCUT2D eigenvalue weighted by atomic mass is 19.1. The topological polar surface area (TPSA) is 12.5 Å². The van der Waals surface area contributed by atoms with Crippen LogP contribution in [-0.2, 0) is 4.74 Å². The van der Waals surface area contributed by atoms with Gasteiger partial charge in [0.05, 0.1) is 12.8 Å². The lowest BCUT2D eigenvalue weighted by Crippen LogP contribution is -2.37. The molecule has 0 bridgehead atoms. The first kappa shape index (κ1) is 9.93. The molecule has 0 unspecified atom stereocenters. The molecule has 0 atom stereocenters. The molecule has 3 heteroatoms. The highest BCUT2D eigenvalue weighted by molar-refractivity contribution is 4.71. The van der Waals surface area contributed by atoms with E-state index in [1.54, 1.807) is 7.11 Å². The number of hydrogen-bond acceptors (Lipinski definition) is 2. The molecule has 12 heavy (non-hydrogen) atoms. The molecule has 1 rings (SSSR count). The van der Waals surface area contributed by atoms with E-state index in [2.05, 4.69) is 4.90 Å². The van der Waals surface area contributed by atoms with Crippen LogP contribution in [0.2, 0.25) is 0 Å². The van der Waals surface area contributed by atoms with E-state index in [1.165, 1.54) is 0 Å². The fourth-order valence-electron chi connectivity index (χ4n) is 1.65. The Balaban J connectivity index is 2.09. The molecule has 2 nitrogen and oxygen atoms in total. The first-order valence-corrected chi connectivity index (χ1v) is 4.68. The summed E-state index contributed by atoms with van der Waals surface area (Å²) in [6, 6.07) is 0. The predicted octanol–water partition coefficient (Wildman–Crippen LogP) is 1.46. The van der Waals surface area contributed by atoms with Crippen molar-refractivity contribution in [1.82, 2.24) is 4.90 Å². The van der Waals surface area contributed by atoms with Crippen molar-refractivity contribution in [1.29, 1.82) is 0 Å². The summed E-state index contributed by atoms with van der Waals surface area (Å²) in [6.07, 6.45) is 3.31. The van der Waals surface area contributed by atoms with Crippen molar-refractivity contribution in [2.75, 3.05) is 33.4 Å². The Hall–Kier alpha value is -0.150. The van der Waals surface area contributed by atoms with E-state index in [0.29, 0.717) is 12.5 Å². The summed E-state index contributed by atoms with van der Waals surface area (Å²) in [5.74, 6) is 0. The maximum atomic E-state index is 11.8. The minimum Gasteiger partial charge on any atom is -0.381 e. The summed E-state index contributed by atoms with van der Waals surface area (Å²) >= 11 is 0. The monoisotopic (exact) mass is 175 g/mol. The molecule has 0 spiro atoms. The number of halogens is 1. The molecule has 72 valence electrons. The van der Waals surface area contributed by atoms with Gasteiger partial charge in [0.25, 0.3) is 0 Å². The van der Waals surface area contributed by atoms with Crippen LogP contribution in [0, 0.1) is 0 Å². The number of rotatable bonds is 4. The molecule has 1 aliphatic heterocycles. The zero-order valence-electron chi connectivity index (χ0n) is 7.76. The first-order valence-electron chi connectivity index (χ1n) is 4.68. The molecule has 1 heterocycles. The lowest BCUT2D eigenvalue weighted by atomic mass is 10.1. The standard InChI is InChI=1S/C9H18FNO/c1-12-9-3-7-11(8-4-9)6-2-5-10/h9H,2-8H2,1H3. The van der Waals surface area contributed by atoms with Crippen molar-refractivity contribution < 1.29 is 9.13 Å². The van der Waals surface area contributed by atoms with E-state index in [1.807, 2.05) is 0 Å². The number of nitrogens with zero attached hydrogens (tertiary/aromatic N) is 1. The van der Waals surface area contributed by atoms with Crippen LogP contribution in [0.1, 0.15) is 19.3 Å². The van der Waals surface area contributed by atoms with Gasteiger partial charge in [-0.05, 0) is 19.3 Å². The van der Waals surface area contributed by atoms with Crippen LogP contribution >= 0.6 is 0 Å². The fraction of sp³-hybridized carbons (Fsp3) is 1.00. The van der Waals surface area contributed by atoms with Gasteiger partial charge in [0.15, 0.2) is 0 Å². The van der Waals surface area contributed by atoms with Gasteiger partial charge in [-0.1, -0.05) is 0 Å². The number of ether oxygens (including phenoxy) is 1. The van der Waals surface area contributed by atoms with Crippen molar-refractivity contribution in [2.24, 2.45) is 0 Å². The number of likely N-dealkylation sites (tertiary alicyclic amines) is 1. The Labute approximate surface area is 73.7 Å². The summed E-state index contributed by atoms with van der Waals surface area (Å²) in [7, 11) is 1.77. The van der Waals surface area contributed by atoms with Crippen LogP contribution in [0.4, 0.5) is 4.39 Å². The second kappa shape index (κ2) is 5.49. The highest BCUT2D eigenvalue weighted by Crippen LogP contribution is 2.12. The van der Waals surface area contributed by atoms with E-state index in [0.717, 1.165) is 32.5 Å². The van der Waals surface area contributed by atoms with Crippen LogP contribution in [0.25, 0.3) is 0 Å². The van der Waals surface area contributed by atoms with Crippen molar-refractivity contribution in [3.63, 3.8) is 0 Å². The lowest BCUT2D eigenvalue weighted by Gasteiger charge is -2.30. The Morgan fingerprint density at radius 3 is 2.58 bits per heavy atom. The molecular weight excluding hydrogens is 157 g/mol. The summed E-state index contributed by atoms with van der Waals surface area (Å²) in [4.78, 5) is 2.31. The van der Waals surface area contributed by atoms with Gasteiger partial charge < -0.3 is 9.64 Å². The molecule has 0 aromatic heterocycles. The molecule has 1 saturated heterocycles. The minimum atomic E-state index is -0.190.